The minimum Gasteiger partial charge on any atom is -0.476 e. The van der Waals surface area contributed by atoms with E-state index < -0.39 is 5.97 Å². The van der Waals surface area contributed by atoms with Crippen molar-refractivity contribution in [1.82, 2.24) is 19.6 Å². The number of carboxylic acids is 1. The smallest absolute Gasteiger partial charge is 0.356 e. The molecule has 0 spiro atoms. The molecule has 0 atom stereocenters. The Labute approximate surface area is 92.3 Å². The van der Waals surface area contributed by atoms with Crippen LogP contribution in [0.3, 0.4) is 0 Å². The Kier molecular flexibility index (Phi) is 2.41. The predicted octanol–water partition coefficient (Wildman–Crippen LogP) is 1.26. The summed E-state index contributed by atoms with van der Waals surface area (Å²) in [4.78, 5) is 19.4. The number of aromatic nitrogens is 4. The number of hydrogen-bond donors (Lipinski definition) is 2. The summed E-state index contributed by atoms with van der Waals surface area (Å²) in [6, 6.07) is 0. The molecule has 0 bridgehead atoms. The number of aryl methyl sites for hydroxylation is 1. The van der Waals surface area contributed by atoms with Crippen molar-refractivity contribution in [2.45, 2.75) is 27.2 Å². The van der Waals surface area contributed by atoms with Gasteiger partial charge in [0, 0.05) is 6.42 Å². The first-order valence-electron chi connectivity index (χ1n) is 5.16. The fourth-order valence-corrected chi connectivity index (χ4v) is 1.70. The van der Waals surface area contributed by atoms with Crippen LogP contribution < -0.4 is 0 Å². The maximum Gasteiger partial charge on any atom is 0.356 e. The number of carbonyl (C=O) groups is 1. The highest BCUT2D eigenvalue weighted by Crippen LogP contribution is 2.11. The zero-order valence-corrected chi connectivity index (χ0v) is 9.48. The van der Waals surface area contributed by atoms with E-state index in [0.717, 1.165) is 12.2 Å². The van der Waals surface area contributed by atoms with Gasteiger partial charge in [0.1, 0.15) is 5.82 Å². The molecule has 0 fully saturated rings. The van der Waals surface area contributed by atoms with Crippen LogP contribution in [0, 0.1) is 12.8 Å². The van der Waals surface area contributed by atoms with Gasteiger partial charge < -0.3 is 5.11 Å². The fraction of sp³-hybridized carbons (Fsp3) is 0.500. The number of aromatic amines is 1. The lowest BCUT2D eigenvalue weighted by Gasteiger charge is -1.99. The summed E-state index contributed by atoms with van der Waals surface area (Å²) in [5.74, 6) is 0.653. The third kappa shape index (κ3) is 1.66. The van der Waals surface area contributed by atoms with Crippen LogP contribution in [0.2, 0.25) is 0 Å². The lowest BCUT2D eigenvalue weighted by Crippen LogP contribution is -2.05. The number of imidazole rings is 1. The Morgan fingerprint density at radius 3 is 2.75 bits per heavy atom. The van der Waals surface area contributed by atoms with Gasteiger partial charge in [-0.1, -0.05) is 13.8 Å². The first kappa shape index (κ1) is 10.7. The first-order chi connectivity index (χ1) is 7.49. The average Bonchev–Trinajstić information content (AvgIpc) is 2.57. The lowest BCUT2D eigenvalue weighted by atomic mass is 10.1. The number of rotatable bonds is 3. The molecule has 0 aliphatic carbocycles. The number of hydrogen-bond acceptors (Lipinski definition) is 3. The molecule has 0 amide bonds. The molecule has 0 saturated carbocycles. The minimum atomic E-state index is -0.996. The number of carboxylic acid groups (broad SMARTS) is 1. The standard InChI is InChI=1S/C10H14N4O2/c1-5(2)4-7-12-10-11-6(3)8(9(15)16)14(10)13-7/h5H,4H2,1-3H3,(H,15,16)(H,11,12,13). The van der Waals surface area contributed by atoms with E-state index in [0.29, 0.717) is 17.4 Å². The molecule has 2 rings (SSSR count). The monoisotopic (exact) mass is 222 g/mol. The number of aromatic carboxylic acids is 1. The fourth-order valence-electron chi connectivity index (χ4n) is 1.70. The number of nitrogens with zero attached hydrogens (tertiary/aromatic N) is 3. The summed E-state index contributed by atoms with van der Waals surface area (Å²) in [7, 11) is 0. The van der Waals surface area contributed by atoms with Crippen molar-refractivity contribution in [3.05, 3.63) is 17.2 Å². The highest BCUT2D eigenvalue weighted by molar-refractivity contribution is 5.87. The van der Waals surface area contributed by atoms with Crippen molar-refractivity contribution in [3.63, 3.8) is 0 Å². The SMILES string of the molecule is Cc1nc2nc(CC(C)C)[nH]n2c1C(=O)O. The summed E-state index contributed by atoms with van der Waals surface area (Å²) in [5, 5.41) is 12.0. The molecule has 6 nitrogen and oxygen atoms in total. The van der Waals surface area contributed by atoms with Gasteiger partial charge >= 0.3 is 5.97 Å². The highest BCUT2D eigenvalue weighted by atomic mass is 16.4. The average molecular weight is 222 g/mol. The van der Waals surface area contributed by atoms with Crippen molar-refractivity contribution >= 4 is 11.7 Å². The number of nitrogens with one attached hydrogen (secondary N) is 1. The Bertz CT molecular complexity index is 538. The van der Waals surface area contributed by atoms with Gasteiger partial charge in [0.2, 0.25) is 0 Å². The van der Waals surface area contributed by atoms with E-state index in [1.807, 2.05) is 0 Å². The normalized spacial score (nSPS) is 11.5. The first-order valence-corrected chi connectivity index (χ1v) is 5.16. The molecule has 86 valence electrons. The van der Waals surface area contributed by atoms with E-state index in [-0.39, 0.29) is 5.69 Å². The molecule has 6 heteroatoms. The molecule has 0 radical (unpaired) electrons. The van der Waals surface area contributed by atoms with Crippen LogP contribution >= 0.6 is 0 Å². The van der Waals surface area contributed by atoms with Crippen LogP contribution in [-0.4, -0.2) is 30.7 Å². The Morgan fingerprint density at radius 1 is 1.50 bits per heavy atom. The van der Waals surface area contributed by atoms with Gasteiger partial charge in [-0.05, 0) is 12.8 Å². The third-order valence-electron chi connectivity index (χ3n) is 2.31. The molecule has 2 aromatic rings. The van der Waals surface area contributed by atoms with Crippen LogP contribution in [0.15, 0.2) is 0 Å². The largest absolute Gasteiger partial charge is 0.476 e. The van der Waals surface area contributed by atoms with Crippen molar-refractivity contribution in [2.75, 3.05) is 0 Å². The Hall–Kier alpha value is -1.85. The molecule has 0 unspecified atom stereocenters. The predicted molar refractivity (Wildman–Crippen MR) is 57.6 cm³/mol. The van der Waals surface area contributed by atoms with E-state index in [4.69, 9.17) is 5.11 Å². The molecule has 0 saturated heterocycles. The van der Waals surface area contributed by atoms with Crippen LogP contribution in [0.1, 0.15) is 35.9 Å². The number of fused-ring (bicyclic) bond motifs is 1. The summed E-state index contributed by atoms with van der Waals surface area (Å²) < 4.78 is 1.43. The van der Waals surface area contributed by atoms with Crippen molar-refractivity contribution in [2.24, 2.45) is 5.92 Å². The molecule has 0 aliphatic heterocycles. The van der Waals surface area contributed by atoms with Gasteiger partial charge in [0.15, 0.2) is 5.69 Å². The summed E-state index contributed by atoms with van der Waals surface area (Å²) in [5.41, 5.74) is 0.625. The second kappa shape index (κ2) is 3.62. The van der Waals surface area contributed by atoms with Crippen LogP contribution in [0.4, 0.5) is 0 Å². The third-order valence-corrected chi connectivity index (χ3v) is 2.31. The summed E-state index contributed by atoms with van der Waals surface area (Å²) >= 11 is 0. The van der Waals surface area contributed by atoms with Crippen molar-refractivity contribution in [1.29, 1.82) is 0 Å². The van der Waals surface area contributed by atoms with E-state index in [1.165, 1.54) is 4.52 Å². The highest BCUT2D eigenvalue weighted by Gasteiger charge is 2.18. The van der Waals surface area contributed by atoms with E-state index in [1.54, 1.807) is 6.92 Å². The van der Waals surface area contributed by atoms with E-state index in [2.05, 4.69) is 28.9 Å². The zero-order valence-electron chi connectivity index (χ0n) is 9.48. The molecular formula is C10H14N4O2. The van der Waals surface area contributed by atoms with Crippen LogP contribution in [-0.2, 0) is 6.42 Å². The summed E-state index contributed by atoms with van der Waals surface area (Å²) in [6.45, 7) is 5.82. The van der Waals surface area contributed by atoms with Crippen molar-refractivity contribution < 1.29 is 9.90 Å². The van der Waals surface area contributed by atoms with Gasteiger partial charge in [-0.3, -0.25) is 5.10 Å². The van der Waals surface area contributed by atoms with Crippen LogP contribution in [0.25, 0.3) is 5.78 Å². The second-order valence-corrected chi connectivity index (χ2v) is 4.25. The van der Waals surface area contributed by atoms with Crippen LogP contribution in [0.5, 0.6) is 0 Å². The quantitative estimate of drug-likeness (QED) is 0.819. The van der Waals surface area contributed by atoms with E-state index >= 15 is 0 Å². The summed E-state index contributed by atoms with van der Waals surface area (Å²) in [6.07, 6.45) is 0.779. The van der Waals surface area contributed by atoms with Gasteiger partial charge in [0.25, 0.3) is 5.78 Å². The van der Waals surface area contributed by atoms with Gasteiger partial charge in [-0.2, -0.15) is 4.98 Å². The van der Waals surface area contributed by atoms with Crippen molar-refractivity contribution in [3.8, 4) is 0 Å². The molecule has 0 aliphatic rings. The maximum atomic E-state index is 11.0. The topological polar surface area (TPSA) is 83.3 Å². The molecule has 2 aromatic heterocycles. The molecule has 2 N–H and O–H groups in total. The van der Waals surface area contributed by atoms with Gasteiger partial charge in [0.05, 0.1) is 5.69 Å². The molecule has 2 heterocycles. The molecule has 0 aromatic carbocycles. The Balaban J connectivity index is 2.51. The molecule has 16 heavy (non-hydrogen) atoms. The lowest BCUT2D eigenvalue weighted by molar-refractivity contribution is 0.0687. The van der Waals surface area contributed by atoms with Gasteiger partial charge in [-0.15, -0.1) is 0 Å². The maximum absolute atomic E-state index is 11.0. The van der Waals surface area contributed by atoms with Gasteiger partial charge in [-0.25, -0.2) is 14.3 Å². The minimum absolute atomic E-state index is 0.150. The second-order valence-electron chi connectivity index (χ2n) is 4.25. The Morgan fingerprint density at radius 2 is 2.19 bits per heavy atom. The van der Waals surface area contributed by atoms with E-state index in [9.17, 15) is 4.79 Å². The zero-order chi connectivity index (χ0) is 11.9. The molecular weight excluding hydrogens is 208 g/mol. The number of H-pyrrole nitrogens is 1.